The maximum Gasteiger partial charge on any atom is 0.387 e. The zero-order valence-electron chi connectivity index (χ0n) is 11.9. The average molecular weight is 316 g/mol. The van der Waals surface area contributed by atoms with Crippen molar-refractivity contribution >= 4 is 17.3 Å². The van der Waals surface area contributed by atoms with E-state index in [0.29, 0.717) is 5.69 Å². The van der Waals surface area contributed by atoms with Gasteiger partial charge in [-0.25, -0.2) is 0 Å². The molecule has 114 valence electrons. The van der Waals surface area contributed by atoms with Crippen LogP contribution in [0.15, 0.2) is 28.7 Å². The Balaban J connectivity index is 2.13. The van der Waals surface area contributed by atoms with Gasteiger partial charge in [-0.3, -0.25) is 0 Å². The Morgan fingerprint density at radius 3 is 2.48 bits per heavy atom. The summed E-state index contributed by atoms with van der Waals surface area (Å²) in [5.74, 6) is 1.64. The lowest BCUT2D eigenvalue weighted by atomic mass is 10.1. The van der Waals surface area contributed by atoms with Crippen LogP contribution in [0.3, 0.4) is 0 Å². The molecule has 1 aromatic carbocycles. The van der Waals surface area contributed by atoms with E-state index in [1.807, 2.05) is 26.8 Å². The maximum absolute atomic E-state index is 12.2. The normalized spacial score (nSPS) is 12.5. The standard InChI is InChI=1S/C15H16ClF2NO2/c1-8-6-12(10(3)20-8)9(2)19-11-4-5-14(13(16)7-11)21-15(17)18/h4-7,9,15,19H,1-3H3. The van der Waals surface area contributed by atoms with E-state index in [0.717, 1.165) is 17.1 Å². The number of hydrogen-bond acceptors (Lipinski definition) is 3. The number of alkyl halides is 2. The van der Waals surface area contributed by atoms with Crippen LogP contribution in [0.4, 0.5) is 14.5 Å². The van der Waals surface area contributed by atoms with E-state index in [1.54, 1.807) is 12.1 Å². The molecule has 0 aliphatic carbocycles. The Morgan fingerprint density at radius 1 is 1.24 bits per heavy atom. The third-order valence-electron chi connectivity index (χ3n) is 3.08. The summed E-state index contributed by atoms with van der Waals surface area (Å²) in [7, 11) is 0. The lowest BCUT2D eigenvalue weighted by Gasteiger charge is -2.16. The van der Waals surface area contributed by atoms with Gasteiger partial charge in [-0.05, 0) is 45.0 Å². The zero-order valence-corrected chi connectivity index (χ0v) is 12.7. The highest BCUT2D eigenvalue weighted by Crippen LogP contribution is 2.31. The van der Waals surface area contributed by atoms with Crippen LogP contribution >= 0.6 is 11.6 Å². The van der Waals surface area contributed by atoms with Crippen molar-refractivity contribution < 1.29 is 17.9 Å². The molecule has 0 aliphatic rings. The Bertz CT molecular complexity index is 628. The van der Waals surface area contributed by atoms with Crippen molar-refractivity contribution in [1.29, 1.82) is 0 Å². The van der Waals surface area contributed by atoms with Gasteiger partial charge in [0.1, 0.15) is 17.3 Å². The van der Waals surface area contributed by atoms with Gasteiger partial charge < -0.3 is 14.5 Å². The van der Waals surface area contributed by atoms with Crippen LogP contribution in [0.5, 0.6) is 5.75 Å². The van der Waals surface area contributed by atoms with Gasteiger partial charge in [0.25, 0.3) is 0 Å². The molecule has 2 rings (SSSR count). The van der Waals surface area contributed by atoms with Gasteiger partial charge >= 0.3 is 6.61 Å². The highest BCUT2D eigenvalue weighted by molar-refractivity contribution is 6.32. The first-order valence-corrected chi connectivity index (χ1v) is 6.82. The predicted molar refractivity (Wildman–Crippen MR) is 78.3 cm³/mol. The summed E-state index contributed by atoms with van der Waals surface area (Å²) < 4.78 is 34.1. The fourth-order valence-electron chi connectivity index (χ4n) is 2.19. The molecule has 1 N–H and O–H groups in total. The number of rotatable bonds is 5. The molecule has 1 unspecified atom stereocenters. The molecule has 0 amide bonds. The monoisotopic (exact) mass is 315 g/mol. The van der Waals surface area contributed by atoms with Crippen molar-refractivity contribution in [2.24, 2.45) is 0 Å². The van der Waals surface area contributed by atoms with Crippen molar-refractivity contribution in [3.05, 3.63) is 46.4 Å². The van der Waals surface area contributed by atoms with Crippen LogP contribution in [-0.2, 0) is 0 Å². The molecule has 0 fully saturated rings. The summed E-state index contributed by atoms with van der Waals surface area (Å²) >= 11 is 5.92. The summed E-state index contributed by atoms with van der Waals surface area (Å²) in [6.07, 6.45) is 0. The molecule has 3 nitrogen and oxygen atoms in total. The van der Waals surface area contributed by atoms with Crippen LogP contribution in [0.2, 0.25) is 5.02 Å². The minimum Gasteiger partial charge on any atom is -0.466 e. The first-order chi connectivity index (χ1) is 9.86. The molecule has 0 bridgehead atoms. The van der Waals surface area contributed by atoms with Crippen molar-refractivity contribution in [2.75, 3.05) is 5.32 Å². The summed E-state index contributed by atoms with van der Waals surface area (Å²) in [5.41, 5.74) is 1.75. The third kappa shape index (κ3) is 3.88. The van der Waals surface area contributed by atoms with Gasteiger partial charge in [-0.2, -0.15) is 8.78 Å². The number of nitrogens with one attached hydrogen (secondary N) is 1. The molecule has 0 aliphatic heterocycles. The van der Waals surface area contributed by atoms with Crippen LogP contribution in [-0.4, -0.2) is 6.61 Å². The predicted octanol–water partition coefficient (Wildman–Crippen LogP) is 5.32. The van der Waals surface area contributed by atoms with Crippen LogP contribution in [0, 0.1) is 13.8 Å². The fraction of sp³-hybridized carbons (Fsp3) is 0.333. The zero-order chi connectivity index (χ0) is 15.6. The SMILES string of the molecule is Cc1cc(C(C)Nc2ccc(OC(F)F)c(Cl)c2)c(C)o1. The molecule has 0 saturated carbocycles. The number of anilines is 1. The maximum atomic E-state index is 12.2. The summed E-state index contributed by atoms with van der Waals surface area (Å²) in [4.78, 5) is 0. The summed E-state index contributed by atoms with van der Waals surface area (Å²) in [5, 5.41) is 3.38. The van der Waals surface area contributed by atoms with Crippen molar-refractivity contribution in [3.8, 4) is 5.75 Å². The molecule has 2 aromatic rings. The van der Waals surface area contributed by atoms with E-state index in [1.165, 1.54) is 6.07 Å². The second kappa shape index (κ2) is 6.35. The number of ether oxygens (including phenoxy) is 1. The minimum absolute atomic E-state index is 0.000355. The third-order valence-corrected chi connectivity index (χ3v) is 3.37. The smallest absolute Gasteiger partial charge is 0.387 e. The molecule has 6 heteroatoms. The van der Waals surface area contributed by atoms with Crippen LogP contribution in [0.25, 0.3) is 0 Å². The molecule has 1 atom stereocenters. The van der Waals surface area contributed by atoms with Gasteiger partial charge in [-0.15, -0.1) is 0 Å². The van der Waals surface area contributed by atoms with Gasteiger partial charge in [0, 0.05) is 11.3 Å². The van der Waals surface area contributed by atoms with E-state index >= 15 is 0 Å². The van der Waals surface area contributed by atoms with Gasteiger partial charge in [0.2, 0.25) is 0 Å². The van der Waals surface area contributed by atoms with Crippen molar-refractivity contribution in [1.82, 2.24) is 0 Å². The molecule has 0 saturated heterocycles. The topological polar surface area (TPSA) is 34.4 Å². The van der Waals surface area contributed by atoms with Crippen LogP contribution in [0.1, 0.15) is 30.0 Å². The summed E-state index contributed by atoms with van der Waals surface area (Å²) in [6, 6.07) is 6.57. The quantitative estimate of drug-likeness (QED) is 0.810. The number of halogens is 3. The number of benzene rings is 1. The molecular formula is C15H16ClF2NO2. The van der Waals surface area contributed by atoms with E-state index in [-0.39, 0.29) is 16.8 Å². The molecule has 1 aromatic heterocycles. The van der Waals surface area contributed by atoms with Crippen molar-refractivity contribution in [3.63, 3.8) is 0 Å². The Labute approximate surface area is 126 Å². The largest absolute Gasteiger partial charge is 0.466 e. The number of furan rings is 1. The first kappa shape index (κ1) is 15.6. The second-order valence-electron chi connectivity index (χ2n) is 4.76. The molecule has 1 heterocycles. The summed E-state index contributed by atoms with van der Waals surface area (Å²) in [6.45, 7) is 2.87. The Hall–Kier alpha value is -1.75. The minimum atomic E-state index is -2.89. The Kier molecular flexibility index (Phi) is 4.73. The average Bonchev–Trinajstić information content (AvgIpc) is 2.71. The molecular weight excluding hydrogens is 300 g/mol. The van der Waals surface area contributed by atoms with E-state index in [2.05, 4.69) is 10.1 Å². The van der Waals surface area contributed by atoms with Crippen molar-refractivity contribution in [2.45, 2.75) is 33.4 Å². The van der Waals surface area contributed by atoms with Crippen LogP contribution < -0.4 is 10.1 Å². The highest BCUT2D eigenvalue weighted by Gasteiger charge is 2.14. The number of hydrogen-bond donors (Lipinski definition) is 1. The molecule has 0 radical (unpaired) electrons. The van der Waals surface area contributed by atoms with Gasteiger partial charge in [0.05, 0.1) is 11.1 Å². The van der Waals surface area contributed by atoms with Gasteiger partial charge in [0.15, 0.2) is 0 Å². The van der Waals surface area contributed by atoms with E-state index < -0.39 is 6.61 Å². The molecule has 0 spiro atoms. The first-order valence-electron chi connectivity index (χ1n) is 6.44. The van der Waals surface area contributed by atoms with E-state index in [9.17, 15) is 8.78 Å². The Morgan fingerprint density at radius 2 is 1.95 bits per heavy atom. The van der Waals surface area contributed by atoms with E-state index in [4.69, 9.17) is 16.0 Å². The second-order valence-corrected chi connectivity index (χ2v) is 5.17. The fourth-order valence-corrected chi connectivity index (χ4v) is 2.42. The lowest BCUT2D eigenvalue weighted by Crippen LogP contribution is -2.07. The number of aryl methyl sites for hydroxylation is 2. The lowest BCUT2D eigenvalue weighted by molar-refractivity contribution is -0.0497. The molecule has 21 heavy (non-hydrogen) atoms. The highest BCUT2D eigenvalue weighted by atomic mass is 35.5. The van der Waals surface area contributed by atoms with Gasteiger partial charge in [-0.1, -0.05) is 11.6 Å².